The minimum Gasteiger partial charge on any atom is -0.455 e. The van der Waals surface area contributed by atoms with Crippen LogP contribution in [-0.4, -0.2) is 22.5 Å². The quantitative estimate of drug-likeness (QED) is 0.478. The third-order valence-electron chi connectivity index (χ3n) is 3.80. The van der Waals surface area contributed by atoms with E-state index in [1.54, 1.807) is 6.07 Å². The number of hydrogen-bond donors (Lipinski definition) is 1. The van der Waals surface area contributed by atoms with Crippen LogP contribution in [0.2, 0.25) is 0 Å². The van der Waals surface area contributed by atoms with Crippen molar-refractivity contribution in [2.24, 2.45) is 0 Å². The summed E-state index contributed by atoms with van der Waals surface area (Å²) in [5.41, 5.74) is 0.713. The fraction of sp³-hybridized carbons (Fsp3) is 0.0500. The molecule has 1 fully saturated rings. The van der Waals surface area contributed by atoms with Gasteiger partial charge in [-0.2, -0.15) is 0 Å². The smallest absolute Gasteiger partial charge is 0.455 e. The van der Waals surface area contributed by atoms with Crippen LogP contribution in [0.4, 0.5) is 18.0 Å². The highest BCUT2D eigenvalue weighted by Gasteiger charge is 2.31. The number of alkyl halides is 3. The number of fused-ring (bicyclic) bond motifs is 1. The van der Waals surface area contributed by atoms with Crippen LogP contribution < -0.4 is 10.1 Å². The maximum absolute atomic E-state index is 12.6. The number of ether oxygens (including phenoxy) is 1. The van der Waals surface area contributed by atoms with Crippen LogP contribution in [0.1, 0.15) is 16.9 Å². The van der Waals surface area contributed by atoms with E-state index in [-0.39, 0.29) is 10.5 Å². The molecule has 2 amide bonds. The van der Waals surface area contributed by atoms with E-state index in [4.69, 9.17) is 4.42 Å². The maximum atomic E-state index is 12.6. The lowest BCUT2D eigenvalue weighted by Crippen LogP contribution is -2.17. The first-order valence-corrected chi connectivity index (χ1v) is 9.09. The molecule has 0 atom stereocenters. The van der Waals surface area contributed by atoms with Gasteiger partial charge in [-0.3, -0.25) is 19.9 Å². The zero-order valence-corrected chi connectivity index (χ0v) is 15.6. The van der Waals surface area contributed by atoms with Gasteiger partial charge in [0, 0.05) is 23.9 Å². The third-order valence-corrected chi connectivity index (χ3v) is 4.61. The van der Waals surface area contributed by atoms with Gasteiger partial charge in [0.25, 0.3) is 11.1 Å². The Morgan fingerprint density at radius 2 is 1.90 bits per heavy atom. The highest BCUT2D eigenvalue weighted by molar-refractivity contribution is 8.18. The molecule has 0 radical (unpaired) electrons. The number of carbonyl (C=O) groups is 2. The molecule has 0 spiro atoms. The Bertz CT molecular complexity index is 1270. The summed E-state index contributed by atoms with van der Waals surface area (Å²) >= 11 is 0.748. The van der Waals surface area contributed by atoms with Gasteiger partial charge in [0.2, 0.25) is 0 Å². The van der Waals surface area contributed by atoms with Crippen molar-refractivity contribution in [1.82, 2.24) is 10.3 Å². The molecule has 2 aromatic heterocycles. The summed E-state index contributed by atoms with van der Waals surface area (Å²) in [6, 6.07) is 7.11. The molecular weight excluding hydrogens is 421 g/mol. The van der Waals surface area contributed by atoms with Crippen LogP contribution in [-0.2, 0) is 4.79 Å². The van der Waals surface area contributed by atoms with Gasteiger partial charge in [0.1, 0.15) is 11.5 Å². The predicted octanol–water partition coefficient (Wildman–Crippen LogP) is 4.45. The highest BCUT2D eigenvalue weighted by atomic mass is 32.2. The first kappa shape index (κ1) is 19.6. The molecule has 30 heavy (non-hydrogen) atoms. The minimum atomic E-state index is -4.84. The number of thioether (sulfide) groups is 1. The topological polar surface area (TPSA) is 81.4 Å². The van der Waals surface area contributed by atoms with Crippen molar-refractivity contribution < 1.29 is 31.9 Å². The second-order valence-electron chi connectivity index (χ2n) is 5.90. The van der Waals surface area contributed by atoms with Crippen molar-refractivity contribution in [3.8, 4) is 17.6 Å². The summed E-state index contributed by atoms with van der Waals surface area (Å²) in [6.45, 7) is 0. The second kappa shape index (κ2) is 7.61. The molecule has 6 nitrogen and oxygen atoms in total. The fourth-order valence-electron chi connectivity index (χ4n) is 2.61. The number of imide groups is 1. The van der Waals surface area contributed by atoms with Gasteiger partial charge < -0.3 is 9.15 Å². The van der Waals surface area contributed by atoms with Gasteiger partial charge in [-0.1, -0.05) is 24.0 Å². The number of pyridine rings is 1. The van der Waals surface area contributed by atoms with Gasteiger partial charge in [-0.15, -0.1) is 13.2 Å². The molecule has 3 heterocycles. The lowest BCUT2D eigenvalue weighted by atomic mass is 10.1. The van der Waals surface area contributed by atoms with E-state index < -0.39 is 23.3 Å². The van der Waals surface area contributed by atoms with Crippen molar-refractivity contribution in [2.45, 2.75) is 6.36 Å². The number of carbonyl (C=O) groups excluding carboxylic acids is 2. The second-order valence-corrected chi connectivity index (χ2v) is 6.92. The molecule has 0 aliphatic carbocycles. The van der Waals surface area contributed by atoms with E-state index in [0.29, 0.717) is 22.3 Å². The normalized spacial score (nSPS) is 15.2. The lowest BCUT2D eigenvalue weighted by molar-refractivity contribution is -0.274. The van der Waals surface area contributed by atoms with Crippen molar-refractivity contribution in [1.29, 1.82) is 0 Å². The van der Waals surface area contributed by atoms with E-state index in [1.165, 1.54) is 42.7 Å². The SMILES string of the molecule is O=C1NC(=O)/C(=C/c2cc3cncc(C#Cc4ccccc4OC(F)(F)F)c3o2)S1. The van der Waals surface area contributed by atoms with Gasteiger partial charge in [0.15, 0.2) is 5.58 Å². The molecule has 150 valence electrons. The van der Waals surface area contributed by atoms with E-state index in [1.807, 2.05) is 0 Å². The summed E-state index contributed by atoms with van der Waals surface area (Å²) in [4.78, 5) is 27.2. The number of nitrogens with one attached hydrogen (secondary N) is 1. The van der Waals surface area contributed by atoms with Gasteiger partial charge in [-0.25, -0.2) is 0 Å². The lowest BCUT2D eigenvalue weighted by Gasteiger charge is -2.09. The molecule has 1 N–H and O–H groups in total. The summed E-state index contributed by atoms with van der Waals surface area (Å²) in [5.74, 6) is 4.73. The van der Waals surface area contributed by atoms with E-state index >= 15 is 0 Å². The summed E-state index contributed by atoms with van der Waals surface area (Å²) in [5, 5.41) is 2.24. The van der Waals surface area contributed by atoms with Gasteiger partial charge in [-0.05, 0) is 30.0 Å². The van der Waals surface area contributed by atoms with Crippen molar-refractivity contribution in [2.75, 3.05) is 0 Å². The Balaban J connectivity index is 1.69. The average molecular weight is 430 g/mol. The van der Waals surface area contributed by atoms with Crippen LogP contribution in [0.3, 0.4) is 0 Å². The molecule has 0 saturated carbocycles. The van der Waals surface area contributed by atoms with E-state index in [9.17, 15) is 22.8 Å². The zero-order valence-electron chi connectivity index (χ0n) is 14.7. The third kappa shape index (κ3) is 4.31. The van der Waals surface area contributed by atoms with Gasteiger partial charge in [0.05, 0.1) is 16.0 Å². The molecule has 0 unspecified atom stereocenters. The molecule has 1 aliphatic rings. The number of para-hydroxylation sites is 1. The van der Waals surface area contributed by atoms with Crippen molar-refractivity contribution in [3.05, 3.63) is 64.5 Å². The van der Waals surface area contributed by atoms with E-state index in [0.717, 1.165) is 11.8 Å². The van der Waals surface area contributed by atoms with Crippen molar-refractivity contribution in [3.63, 3.8) is 0 Å². The number of hydrogen-bond acceptors (Lipinski definition) is 6. The summed E-state index contributed by atoms with van der Waals surface area (Å²) in [6.07, 6.45) is -0.507. The summed E-state index contributed by atoms with van der Waals surface area (Å²) < 4.78 is 47.4. The summed E-state index contributed by atoms with van der Waals surface area (Å²) in [7, 11) is 0. The van der Waals surface area contributed by atoms with Gasteiger partial charge >= 0.3 is 6.36 Å². The predicted molar refractivity (Wildman–Crippen MR) is 102 cm³/mol. The molecule has 1 aliphatic heterocycles. The zero-order chi connectivity index (χ0) is 21.3. The number of benzene rings is 1. The number of amides is 2. The number of furan rings is 1. The molecule has 1 aromatic carbocycles. The monoisotopic (exact) mass is 430 g/mol. The highest BCUT2D eigenvalue weighted by Crippen LogP contribution is 2.29. The Kier molecular flexibility index (Phi) is 4.97. The van der Waals surface area contributed by atoms with Crippen LogP contribution in [0.25, 0.3) is 17.0 Å². The van der Waals surface area contributed by atoms with Crippen molar-refractivity contribution >= 4 is 40.0 Å². The fourth-order valence-corrected chi connectivity index (χ4v) is 3.27. The Labute approximate surface area is 171 Å². The Morgan fingerprint density at radius 3 is 2.63 bits per heavy atom. The number of halogens is 3. The largest absolute Gasteiger partial charge is 0.573 e. The molecule has 10 heteroatoms. The minimum absolute atomic E-state index is 0.0401. The Morgan fingerprint density at radius 1 is 1.13 bits per heavy atom. The molecule has 1 saturated heterocycles. The molecular formula is C20H9F3N2O4S. The average Bonchev–Trinajstić information content (AvgIpc) is 3.22. The van der Waals surface area contributed by atoms with Crippen LogP contribution >= 0.6 is 11.8 Å². The molecule has 0 bridgehead atoms. The molecule has 4 rings (SSSR count). The van der Waals surface area contributed by atoms with E-state index in [2.05, 4.69) is 26.9 Å². The van der Waals surface area contributed by atoms with Crippen LogP contribution in [0.15, 0.2) is 52.0 Å². The standard InChI is InChI=1S/C20H9F3N2O4S/c21-20(22,23)29-15-4-2-1-3-11(15)5-6-12-9-24-10-13-7-14(28-17(12)13)8-16-18(26)25-19(27)30-16/h1-4,7-10H,(H,25,26,27)/b16-8-. The first-order valence-electron chi connectivity index (χ1n) is 8.28. The Hall–Kier alpha value is -3.71. The number of nitrogens with zero attached hydrogens (tertiary/aromatic N) is 1. The van der Waals surface area contributed by atoms with Crippen LogP contribution in [0, 0.1) is 11.8 Å². The maximum Gasteiger partial charge on any atom is 0.573 e. The number of rotatable bonds is 2. The number of aromatic nitrogens is 1. The van der Waals surface area contributed by atoms with Crippen LogP contribution in [0.5, 0.6) is 5.75 Å². The molecule has 3 aromatic rings. The first-order chi connectivity index (χ1) is 14.3.